The molecule has 1 atom stereocenters. The van der Waals surface area contributed by atoms with Crippen LogP contribution in [-0.4, -0.2) is 45.1 Å². The molecule has 1 amide bonds. The number of quaternary nitrogens is 2. The number of nitrogens with zero attached hydrogens (tertiary/aromatic N) is 1. The molecule has 0 unspecified atom stereocenters. The molecule has 1 aromatic carbocycles. The lowest BCUT2D eigenvalue weighted by Gasteiger charge is -2.17. The average molecular weight is 351 g/mol. The molecule has 0 aromatic heterocycles. The third-order valence-corrected chi connectivity index (χ3v) is 4.03. The van der Waals surface area contributed by atoms with Gasteiger partial charge in [0.15, 0.2) is 0 Å². The highest BCUT2D eigenvalue weighted by atomic mass is 16.4. The van der Waals surface area contributed by atoms with Crippen LogP contribution in [0.4, 0.5) is 11.4 Å². The van der Waals surface area contributed by atoms with Crippen molar-refractivity contribution >= 4 is 23.3 Å². The molecule has 1 aromatic rings. The van der Waals surface area contributed by atoms with Gasteiger partial charge < -0.3 is 31.2 Å². The van der Waals surface area contributed by atoms with Gasteiger partial charge in [0.2, 0.25) is 5.91 Å². The van der Waals surface area contributed by atoms with Crippen LogP contribution in [0, 0.1) is 0 Å². The second-order valence-electron chi connectivity index (χ2n) is 6.41. The van der Waals surface area contributed by atoms with Gasteiger partial charge in [-0.25, -0.2) is 0 Å². The first-order valence-corrected chi connectivity index (χ1v) is 8.84. The Morgan fingerprint density at radius 1 is 1.16 bits per heavy atom. The molecule has 25 heavy (non-hydrogen) atoms. The van der Waals surface area contributed by atoms with E-state index in [1.807, 2.05) is 31.1 Å². The van der Waals surface area contributed by atoms with Crippen LogP contribution in [0.5, 0.6) is 0 Å². The van der Waals surface area contributed by atoms with E-state index in [4.69, 9.17) is 0 Å². The number of unbranched alkanes of at least 4 members (excludes halogenated alkanes) is 3. The second kappa shape index (κ2) is 11.4. The Hall–Kier alpha value is -2.12. The highest BCUT2D eigenvalue weighted by molar-refractivity contribution is 5.93. The fourth-order valence-electron chi connectivity index (χ4n) is 2.51. The summed E-state index contributed by atoms with van der Waals surface area (Å²) in [6, 6.07) is 6.53. The molecule has 0 fully saturated rings. The number of rotatable bonds is 12. The summed E-state index contributed by atoms with van der Waals surface area (Å²) in [5, 5.41) is 15.7. The van der Waals surface area contributed by atoms with Crippen LogP contribution in [0.2, 0.25) is 0 Å². The van der Waals surface area contributed by atoms with Gasteiger partial charge in [0.05, 0.1) is 25.5 Å². The van der Waals surface area contributed by atoms with Crippen molar-refractivity contribution < 1.29 is 25.7 Å². The molecule has 0 heterocycles. The molecule has 0 aliphatic carbocycles. The first kappa shape index (κ1) is 20.9. The molecule has 7 nitrogen and oxygen atoms in total. The number of hydrogen-bond acceptors (Lipinski definition) is 4. The minimum atomic E-state index is -1.20. The largest absolute Gasteiger partial charge is 0.544 e. The number of hydrogen-bond donors (Lipinski definition) is 3. The number of benzene rings is 1. The van der Waals surface area contributed by atoms with Crippen LogP contribution in [0.3, 0.4) is 0 Å². The smallest absolute Gasteiger partial charge is 0.230 e. The zero-order valence-electron chi connectivity index (χ0n) is 15.3. The zero-order valence-corrected chi connectivity index (χ0v) is 15.3. The molecule has 0 aliphatic heterocycles. The van der Waals surface area contributed by atoms with Crippen LogP contribution in [0.1, 0.15) is 32.1 Å². The van der Waals surface area contributed by atoms with E-state index >= 15 is 0 Å². The normalized spacial score (nSPS) is 11.8. The van der Waals surface area contributed by atoms with Gasteiger partial charge in [-0.15, -0.1) is 0 Å². The number of aliphatic carboxylic acids is 1. The summed E-state index contributed by atoms with van der Waals surface area (Å²) >= 11 is 0. The molecule has 7 heteroatoms. The third-order valence-electron chi connectivity index (χ3n) is 4.03. The lowest BCUT2D eigenvalue weighted by atomic mass is 10.1. The van der Waals surface area contributed by atoms with Crippen molar-refractivity contribution in [3.05, 3.63) is 24.3 Å². The maximum absolute atomic E-state index is 12.1. The predicted molar refractivity (Wildman–Crippen MR) is 95.8 cm³/mol. The van der Waals surface area contributed by atoms with Gasteiger partial charge in [-0.2, -0.15) is 0 Å². The van der Waals surface area contributed by atoms with Crippen molar-refractivity contribution in [1.82, 2.24) is 0 Å². The molecule has 0 saturated heterocycles. The quantitative estimate of drug-likeness (QED) is 0.400. The summed E-state index contributed by atoms with van der Waals surface area (Å²) in [5.74, 6) is -1.52. The first-order valence-electron chi connectivity index (χ1n) is 8.84. The van der Waals surface area contributed by atoms with Gasteiger partial charge in [0.1, 0.15) is 6.04 Å². The lowest BCUT2D eigenvalue weighted by Crippen LogP contribution is -2.93. The van der Waals surface area contributed by atoms with Gasteiger partial charge >= 0.3 is 0 Å². The summed E-state index contributed by atoms with van der Waals surface area (Å²) in [4.78, 5) is 25.3. The second-order valence-corrected chi connectivity index (χ2v) is 6.41. The fraction of sp³-hybridized carbons (Fsp3) is 0.556. The molecule has 0 radical (unpaired) electrons. The Balaban J connectivity index is 2.41. The van der Waals surface area contributed by atoms with E-state index in [2.05, 4.69) is 11.1 Å². The SMILES string of the molecule is CN(C)c1ccc(NC(=O)C[C@H]([NH2+]CCCCCC[NH3+])C(=O)[O-])cc1. The van der Waals surface area contributed by atoms with Gasteiger partial charge in [-0.3, -0.25) is 4.79 Å². The van der Waals surface area contributed by atoms with Crippen molar-refractivity contribution in [3.63, 3.8) is 0 Å². The molecular weight excluding hydrogens is 320 g/mol. The van der Waals surface area contributed by atoms with Crippen LogP contribution in [0.15, 0.2) is 24.3 Å². The van der Waals surface area contributed by atoms with Gasteiger partial charge in [0, 0.05) is 25.5 Å². The van der Waals surface area contributed by atoms with Gasteiger partial charge in [0.25, 0.3) is 0 Å². The number of carboxylic acids is 1. The molecular formula is C18H31N4O3+. The summed E-state index contributed by atoms with van der Waals surface area (Å²) in [5.41, 5.74) is 5.47. The molecule has 1 rings (SSSR count). The Bertz CT molecular complexity index is 532. The monoisotopic (exact) mass is 351 g/mol. The number of carboxylic acid groups (broad SMARTS) is 1. The third kappa shape index (κ3) is 8.51. The Kier molecular flexibility index (Phi) is 9.57. The van der Waals surface area contributed by atoms with E-state index in [-0.39, 0.29) is 12.3 Å². The van der Waals surface area contributed by atoms with Crippen LogP contribution in [-0.2, 0) is 9.59 Å². The molecule has 6 N–H and O–H groups in total. The Morgan fingerprint density at radius 2 is 1.80 bits per heavy atom. The van der Waals surface area contributed by atoms with Crippen LogP contribution < -0.4 is 26.4 Å². The minimum Gasteiger partial charge on any atom is -0.544 e. The van der Waals surface area contributed by atoms with Crippen molar-refractivity contribution in [2.75, 3.05) is 37.4 Å². The maximum Gasteiger partial charge on any atom is 0.230 e. The average Bonchev–Trinajstić information content (AvgIpc) is 2.57. The summed E-state index contributed by atoms with van der Waals surface area (Å²) in [6.45, 7) is 1.61. The molecule has 140 valence electrons. The summed E-state index contributed by atoms with van der Waals surface area (Å²) in [6.07, 6.45) is 4.08. The summed E-state index contributed by atoms with van der Waals surface area (Å²) < 4.78 is 0. The number of nitrogens with one attached hydrogen (secondary N) is 1. The van der Waals surface area contributed by atoms with Crippen LogP contribution >= 0.6 is 0 Å². The standard InChI is InChI=1S/C18H30N4O3/c1-22(2)15-9-7-14(8-10-15)21-17(23)13-16(18(24)25)20-12-6-4-3-5-11-19/h7-10,16,20H,3-6,11-13,19H2,1-2H3,(H,21,23)(H,24,25)/p+1/t16-/m0/s1. The van der Waals surface area contributed by atoms with E-state index in [0.29, 0.717) is 12.2 Å². The number of carbonyl (C=O) groups is 2. The predicted octanol–water partition coefficient (Wildman–Crippen LogP) is -1.43. The molecule has 0 aliphatic rings. The van der Waals surface area contributed by atoms with E-state index in [9.17, 15) is 14.7 Å². The van der Waals surface area contributed by atoms with Crippen LogP contribution in [0.25, 0.3) is 0 Å². The fourth-order valence-corrected chi connectivity index (χ4v) is 2.51. The topological polar surface area (TPSA) is 117 Å². The van der Waals surface area contributed by atoms with Crippen molar-refractivity contribution in [2.45, 2.75) is 38.1 Å². The van der Waals surface area contributed by atoms with Crippen molar-refractivity contribution in [1.29, 1.82) is 0 Å². The number of carbonyl (C=O) groups excluding carboxylic acids is 2. The Labute approximate surface area is 149 Å². The summed E-state index contributed by atoms with van der Waals surface area (Å²) in [7, 11) is 3.88. The van der Waals surface area contributed by atoms with E-state index < -0.39 is 12.0 Å². The zero-order chi connectivity index (χ0) is 18.7. The van der Waals surface area contributed by atoms with Gasteiger partial charge in [-0.05, 0) is 49.9 Å². The Morgan fingerprint density at radius 3 is 2.36 bits per heavy atom. The highest BCUT2D eigenvalue weighted by Crippen LogP contribution is 2.15. The number of anilines is 2. The first-order chi connectivity index (χ1) is 11.9. The van der Waals surface area contributed by atoms with Crippen molar-refractivity contribution in [2.24, 2.45) is 0 Å². The maximum atomic E-state index is 12.1. The molecule has 0 spiro atoms. The lowest BCUT2D eigenvalue weighted by molar-refractivity contribution is -0.682. The van der Waals surface area contributed by atoms with E-state index in [1.165, 1.54) is 0 Å². The minimum absolute atomic E-state index is 0.101. The van der Waals surface area contributed by atoms with Crippen molar-refractivity contribution in [3.8, 4) is 0 Å². The molecule has 0 saturated carbocycles. The van der Waals surface area contributed by atoms with Gasteiger partial charge in [-0.1, -0.05) is 0 Å². The van der Waals surface area contributed by atoms with E-state index in [1.54, 1.807) is 17.4 Å². The van der Waals surface area contributed by atoms with E-state index in [0.717, 1.165) is 37.9 Å². The number of nitrogens with two attached hydrogens (primary N) is 1. The number of amides is 1. The highest BCUT2D eigenvalue weighted by Gasteiger charge is 2.18. The molecule has 0 bridgehead atoms.